The predicted molar refractivity (Wildman–Crippen MR) is 107 cm³/mol. The summed E-state index contributed by atoms with van der Waals surface area (Å²) in [6.07, 6.45) is 6.75. The van der Waals surface area contributed by atoms with Gasteiger partial charge in [-0.15, -0.1) is 5.10 Å². The van der Waals surface area contributed by atoms with Gasteiger partial charge in [0, 0.05) is 30.8 Å². The van der Waals surface area contributed by atoms with Gasteiger partial charge in [-0.1, -0.05) is 6.92 Å². The van der Waals surface area contributed by atoms with Crippen LogP contribution >= 0.6 is 0 Å². The lowest BCUT2D eigenvalue weighted by Gasteiger charge is -2.30. The summed E-state index contributed by atoms with van der Waals surface area (Å²) < 4.78 is 32.7. The summed E-state index contributed by atoms with van der Waals surface area (Å²) >= 11 is 0. The Labute approximate surface area is 168 Å². The first-order chi connectivity index (χ1) is 13.9. The smallest absolute Gasteiger partial charge is 0.244 e. The number of anilines is 1. The minimum Gasteiger partial charge on any atom is -0.476 e. The number of nitrogens with zero attached hydrogens (tertiary/aromatic N) is 6. The van der Waals surface area contributed by atoms with Crippen LogP contribution in [0.2, 0.25) is 0 Å². The van der Waals surface area contributed by atoms with Gasteiger partial charge in [-0.3, -0.25) is 5.10 Å². The molecule has 0 bridgehead atoms. The van der Waals surface area contributed by atoms with E-state index in [9.17, 15) is 8.42 Å². The van der Waals surface area contributed by atoms with E-state index in [-0.39, 0.29) is 11.9 Å². The van der Waals surface area contributed by atoms with E-state index in [1.807, 2.05) is 6.92 Å². The van der Waals surface area contributed by atoms with Crippen molar-refractivity contribution in [2.24, 2.45) is 0 Å². The lowest BCUT2D eigenvalue weighted by Crippen LogP contribution is -2.37. The molecule has 1 aliphatic rings. The summed E-state index contributed by atoms with van der Waals surface area (Å²) in [6, 6.07) is 0. The molecule has 29 heavy (non-hydrogen) atoms. The third-order valence-electron chi connectivity index (χ3n) is 5.00. The Bertz CT molecular complexity index is 1100. The van der Waals surface area contributed by atoms with Gasteiger partial charge in [0.1, 0.15) is 5.69 Å². The molecule has 156 valence electrons. The van der Waals surface area contributed by atoms with E-state index in [1.54, 1.807) is 16.9 Å². The zero-order valence-electron chi connectivity index (χ0n) is 16.4. The molecule has 0 saturated carbocycles. The van der Waals surface area contributed by atoms with Crippen molar-refractivity contribution in [2.75, 3.05) is 31.7 Å². The highest BCUT2D eigenvalue weighted by atomic mass is 32.2. The Morgan fingerprint density at radius 2 is 2.07 bits per heavy atom. The summed E-state index contributed by atoms with van der Waals surface area (Å²) in [5.74, 6) is 0.627. The fourth-order valence-electron chi connectivity index (χ4n) is 3.59. The van der Waals surface area contributed by atoms with Gasteiger partial charge >= 0.3 is 0 Å². The van der Waals surface area contributed by atoms with Crippen molar-refractivity contribution < 1.29 is 13.2 Å². The number of sulfonamides is 1. The highest BCUT2D eigenvalue weighted by Crippen LogP contribution is 2.36. The molecule has 1 fully saturated rings. The summed E-state index contributed by atoms with van der Waals surface area (Å²) in [6.45, 7) is 3.39. The van der Waals surface area contributed by atoms with E-state index < -0.39 is 10.0 Å². The topological polar surface area (TPSA) is 144 Å². The molecule has 4 heterocycles. The molecule has 1 saturated heterocycles. The average molecular weight is 420 g/mol. The van der Waals surface area contributed by atoms with E-state index in [2.05, 4.69) is 20.3 Å². The fourth-order valence-corrected chi connectivity index (χ4v) is 4.46. The highest BCUT2D eigenvalue weighted by Gasteiger charge is 2.30. The third kappa shape index (κ3) is 3.77. The molecule has 0 aromatic carbocycles. The number of fused-ring (bicyclic) bond motifs is 1. The minimum absolute atomic E-state index is 0.0324. The molecular weight excluding hydrogens is 396 g/mol. The first-order valence-corrected chi connectivity index (χ1v) is 11.4. The van der Waals surface area contributed by atoms with Crippen molar-refractivity contribution in [1.82, 2.24) is 34.1 Å². The maximum absolute atomic E-state index is 11.8. The van der Waals surface area contributed by atoms with Crippen LogP contribution in [0.1, 0.15) is 37.8 Å². The molecule has 1 aliphatic heterocycles. The maximum atomic E-state index is 11.8. The Morgan fingerprint density at radius 1 is 1.31 bits per heavy atom. The summed E-state index contributed by atoms with van der Waals surface area (Å²) in [5.41, 5.74) is 8.55. The quantitative estimate of drug-likeness (QED) is 0.601. The molecule has 0 unspecified atom stereocenters. The van der Waals surface area contributed by atoms with Crippen LogP contribution in [0.3, 0.4) is 0 Å². The zero-order chi connectivity index (χ0) is 20.6. The molecule has 3 aromatic heterocycles. The van der Waals surface area contributed by atoms with Gasteiger partial charge in [0.15, 0.2) is 5.65 Å². The molecule has 11 nitrogen and oxygen atoms in total. The standard InChI is InChI=1S/C17H24N8O3S/c1-3-8-28-16-14(12-9-19-20-10-12)21-13(15-22-17(18)23-25(15)16)11-4-6-24(7-5-11)29(2,26)27/h9-11H,3-8H2,1-2H3,(H2,18,23)(H,19,20). The maximum Gasteiger partial charge on any atom is 0.244 e. The number of aromatic amines is 1. The number of nitrogens with two attached hydrogens (primary N) is 1. The second-order valence-corrected chi connectivity index (χ2v) is 9.11. The number of rotatable bonds is 6. The molecule has 3 N–H and O–H groups in total. The average Bonchev–Trinajstić information content (AvgIpc) is 3.34. The van der Waals surface area contributed by atoms with Crippen LogP contribution in [0.5, 0.6) is 5.88 Å². The van der Waals surface area contributed by atoms with E-state index in [1.165, 1.54) is 10.6 Å². The van der Waals surface area contributed by atoms with Crippen molar-refractivity contribution in [2.45, 2.75) is 32.1 Å². The Morgan fingerprint density at radius 3 is 2.69 bits per heavy atom. The number of H-pyrrole nitrogens is 1. The SMILES string of the molecule is CCCOc1c(-c2cn[nH]c2)nc(C2CCN(S(C)(=O)=O)CC2)c2nc(N)nn12. The molecule has 4 rings (SSSR count). The second-order valence-electron chi connectivity index (χ2n) is 7.13. The monoisotopic (exact) mass is 420 g/mol. The molecule has 0 aliphatic carbocycles. The Hall–Kier alpha value is -2.73. The molecular formula is C17H24N8O3S. The van der Waals surface area contributed by atoms with Crippen LogP contribution in [0.4, 0.5) is 5.95 Å². The number of hydrogen-bond acceptors (Lipinski definition) is 8. The van der Waals surface area contributed by atoms with Crippen LogP contribution in [-0.4, -0.2) is 68.5 Å². The summed E-state index contributed by atoms with van der Waals surface area (Å²) in [7, 11) is -3.20. The Balaban J connectivity index is 1.80. The first-order valence-electron chi connectivity index (χ1n) is 9.51. The zero-order valence-corrected chi connectivity index (χ0v) is 17.2. The van der Waals surface area contributed by atoms with Crippen LogP contribution in [0.15, 0.2) is 12.4 Å². The van der Waals surface area contributed by atoms with Crippen molar-refractivity contribution in [3.8, 4) is 17.1 Å². The number of aromatic nitrogens is 6. The van der Waals surface area contributed by atoms with Gasteiger partial charge in [0.25, 0.3) is 0 Å². The number of nitrogen functional groups attached to an aromatic ring is 1. The first kappa shape index (κ1) is 19.6. The largest absolute Gasteiger partial charge is 0.476 e. The lowest BCUT2D eigenvalue weighted by atomic mass is 9.94. The van der Waals surface area contributed by atoms with Gasteiger partial charge in [-0.05, 0) is 19.3 Å². The molecule has 0 radical (unpaired) electrons. The molecule has 12 heteroatoms. The number of piperidine rings is 1. The Kier molecular flexibility index (Phi) is 5.13. The number of ether oxygens (including phenoxy) is 1. The normalized spacial score (nSPS) is 16.5. The summed E-state index contributed by atoms with van der Waals surface area (Å²) in [4.78, 5) is 9.27. The second kappa shape index (κ2) is 7.59. The van der Waals surface area contributed by atoms with Crippen LogP contribution < -0.4 is 10.5 Å². The van der Waals surface area contributed by atoms with Gasteiger partial charge in [-0.25, -0.2) is 17.7 Å². The van der Waals surface area contributed by atoms with Crippen LogP contribution in [0, 0.1) is 0 Å². The number of nitrogens with one attached hydrogen (secondary N) is 1. The van der Waals surface area contributed by atoms with Crippen molar-refractivity contribution in [3.63, 3.8) is 0 Å². The van der Waals surface area contributed by atoms with E-state index in [4.69, 9.17) is 15.5 Å². The predicted octanol–water partition coefficient (Wildman–Crippen LogP) is 1.02. The minimum atomic E-state index is -3.20. The van der Waals surface area contributed by atoms with Crippen LogP contribution in [-0.2, 0) is 10.0 Å². The molecule has 0 amide bonds. The van der Waals surface area contributed by atoms with Crippen molar-refractivity contribution in [3.05, 3.63) is 18.1 Å². The fraction of sp³-hybridized carbons (Fsp3) is 0.529. The molecule has 0 atom stereocenters. The van der Waals surface area contributed by atoms with E-state index in [0.717, 1.165) is 17.7 Å². The van der Waals surface area contributed by atoms with Gasteiger partial charge in [-0.2, -0.15) is 14.6 Å². The number of hydrogen-bond donors (Lipinski definition) is 2. The third-order valence-corrected chi connectivity index (χ3v) is 6.31. The highest BCUT2D eigenvalue weighted by molar-refractivity contribution is 7.88. The summed E-state index contributed by atoms with van der Waals surface area (Å²) in [5, 5.41) is 11.1. The lowest BCUT2D eigenvalue weighted by molar-refractivity contribution is 0.295. The van der Waals surface area contributed by atoms with Gasteiger partial charge < -0.3 is 10.5 Å². The van der Waals surface area contributed by atoms with Crippen molar-refractivity contribution in [1.29, 1.82) is 0 Å². The van der Waals surface area contributed by atoms with E-state index in [0.29, 0.717) is 49.8 Å². The van der Waals surface area contributed by atoms with Crippen molar-refractivity contribution >= 4 is 21.6 Å². The van der Waals surface area contributed by atoms with Gasteiger partial charge in [0.05, 0.1) is 24.8 Å². The molecule has 0 spiro atoms. The van der Waals surface area contributed by atoms with Gasteiger partial charge in [0.2, 0.25) is 21.9 Å². The van der Waals surface area contributed by atoms with E-state index >= 15 is 0 Å². The molecule has 3 aromatic rings. The van der Waals surface area contributed by atoms with Crippen LogP contribution in [0.25, 0.3) is 16.9 Å².